The van der Waals surface area contributed by atoms with Gasteiger partial charge in [0.1, 0.15) is 0 Å². The van der Waals surface area contributed by atoms with Gasteiger partial charge < -0.3 is 20.3 Å². The van der Waals surface area contributed by atoms with Crippen LogP contribution in [0.15, 0.2) is 18.2 Å². The van der Waals surface area contributed by atoms with Crippen LogP contribution in [0.4, 0.5) is 0 Å². The van der Waals surface area contributed by atoms with Crippen LogP contribution in [0.1, 0.15) is 31.4 Å². The van der Waals surface area contributed by atoms with Crippen molar-refractivity contribution in [3.05, 3.63) is 23.8 Å². The van der Waals surface area contributed by atoms with Gasteiger partial charge in [0.2, 0.25) is 0 Å². The molecule has 1 aromatic rings. The van der Waals surface area contributed by atoms with Gasteiger partial charge >= 0.3 is 5.97 Å². The van der Waals surface area contributed by atoms with Gasteiger partial charge in [0.05, 0.1) is 13.2 Å². The van der Waals surface area contributed by atoms with E-state index in [0.717, 1.165) is 11.3 Å². The quantitative estimate of drug-likeness (QED) is 0.869. The van der Waals surface area contributed by atoms with Crippen molar-refractivity contribution in [2.45, 2.75) is 25.8 Å². The van der Waals surface area contributed by atoms with Crippen molar-refractivity contribution in [1.29, 1.82) is 0 Å². The molecule has 1 heterocycles. The second-order valence-electron chi connectivity index (χ2n) is 4.97. The number of fused-ring (bicyclic) bond motifs is 1. The number of benzene rings is 1. The molecule has 0 aliphatic carbocycles. The first-order valence-electron chi connectivity index (χ1n) is 6.43. The van der Waals surface area contributed by atoms with Crippen LogP contribution in [0.25, 0.3) is 0 Å². The SMILES string of the molecule is CC1COc2ccc(C(N)CCC(=O)O)cc2OC1. The number of hydrogen-bond donors (Lipinski definition) is 2. The first kappa shape index (κ1) is 13.7. The molecule has 0 saturated heterocycles. The third-order valence-corrected chi connectivity index (χ3v) is 3.11. The summed E-state index contributed by atoms with van der Waals surface area (Å²) in [5.41, 5.74) is 6.86. The zero-order valence-electron chi connectivity index (χ0n) is 11.0. The van der Waals surface area contributed by atoms with Crippen molar-refractivity contribution in [3.63, 3.8) is 0 Å². The topological polar surface area (TPSA) is 81.8 Å². The largest absolute Gasteiger partial charge is 0.489 e. The second kappa shape index (κ2) is 5.93. The number of hydrogen-bond acceptors (Lipinski definition) is 4. The Kier molecular flexibility index (Phi) is 4.27. The van der Waals surface area contributed by atoms with Gasteiger partial charge in [-0.3, -0.25) is 4.79 Å². The molecule has 0 amide bonds. The van der Waals surface area contributed by atoms with E-state index in [4.69, 9.17) is 20.3 Å². The molecule has 1 aromatic carbocycles. The smallest absolute Gasteiger partial charge is 0.303 e. The van der Waals surface area contributed by atoms with Gasteiger partial charge in [0.15, 0.2) is 11.5 Å². The molecule has 2 unspecified atom stereocenters. The molecular formula is C14H19NO4. The zero-order valence-corrected chi connectivity index (χ0v) is 11.0. The maximum Gasteiger partial charge on any atom is 0.303 e. The Morgan fingerprint density at radius 2 is 2.11 bits per heavy atom. The van der Waals surface area contributed by atoms with Crippen LogP contribution in [0.2, 0.25) is 0 Å². The summed E-state index contributed by atoms with van der Waals surface area (Å²) in [6.45, 7) is 3.31. The fourth-order valence-electron chi connectivity index (χ4n) is 1.95. The second-order valence-corrected chi connectivity index (χ2v) is 4.97. The number of rotatable bonds is 4. The van der Waals surface area contributed by atoms with Crippen molar-refractivity contribution < 1.29 is 19.4 Å². The number of carbonyl (C=O) groups is 1. The average molecular weight is 265 g/mol. The Morgan fingerprint density at radius 3 is 2.79 bits per heavy atom. The number of nitrogens with two attached hydrogens (primary N) is 1. The standard InChI is InChI=1S/C14H19NO4/c1-9-7-18-12-4-2-10(6-13(12)19-8-9)11(15)3-5-14(16)17/h2,4,6,9,11H,3,5,7-8,15H2,1H3,(H,16,17). The van der Waals surface area contributed by atoms with Crippen LogP contribution in [0, 0.1) is 5.92 Å². The summed E-state index contributed by atoms with van der Waals surface area (Å²) < 4.78 is 11.3. The third kappa shape index (κ3) is 3.61. The summed E-state index contributed by atoms with van der Waals surface area (Å²) in [5, 5.41) is 8.67. The van der Waals surface area contributed by atoms with E-state index < -0.39 is 5.97 Å². The van der Waals surface area contributed by atoms with Crippen LogP contribution in [-0.4, -0.2) is 24.3 Å². The number of ether oxygens (including phenoxy) is 2. The molecule has 0 radical (unpaired) electrons. The van der Waals surface area contributed by atoms with Gasteiger partial charge in [-0.05, 0) is 24.1 Å². The van der Waals surface area contributed by atoms with Crippen LogP contribution in [-0.2, 0) is 4.79 Å². The summed E-state index contributed by atoms with van der Waals surface area (Å²) in [4.78, 5) is 10.5. The maximum atomic E-state index is 10.5. The van der Waals surface area contributed by atoms with E-state index in [9.17, 15) is 4.79 Å². The molecule has 0 spiro atoms. The highest BCUT2D eigenvalue weighted by Crippen LogP contribution is 2.33. The molecule has 0 aromatic heterocycles. The van der Waals surface area contributed by atoms with Gasteiger partial charge in [-0.15, -0.1) is 0 Å². The highest BCUT2D eigenvalue weighted by atomic mass is 16.5. The lowest BCUT2D eigenvalue weighted by Crippen LogP contribution is -2.12. The van der Waals surface area contributed by atoms with Gasteiger partial charge in [0.25, 0.3) is 0 Å². The molecule has 2 atom stereocenters. The van der Waals surface area contributed by atoms with Crippen LogP contribution >= 0.6 is 0 Å². The lowest BCUT2D eigenvalue weighted by molar-refractivity contribution is -0.137. The number of carboxylic acids is 1. The van der Waals surface area contributed by atoms with Crippen molar-refractivity contribution >= 4 is 5.97 Å². The fraction of sp³-hybridized carbons (Fsp3) is 0.500. The molecule has 5 heteroatoms. The minimum Gasteiger partial charge on any atom is -0.489 e. The third-order valence-electron chi connectivity index (χ3n) is 3.11. The molecule has 2 rings (SSSR count). The number of aliphatic carboxylic acids is 1. The molecule has 19 heavy (non-hydrogen) atoms. The van der Waals surface area contributed by atoms with Crippen LogP contribution in [0.5, 0.6) is 11.5 Å². The summed E-state index contributed by atoms with van der Waals surface area (Å²) in [5.74, 6) is 0.918. The predicted octanol–water partition coefficient (Wildman–Crippen LogP) is 1.96. The molecule has 0 saturated carbocycles. The van der Waals surface area contributed by atoms with Crippen LogP contribution < -0.4 is 15.2 Å². The van der Waals surface area contributed by atoms with E-state index >= 15 is 0 Å². The molecule has 0 bridgehead atoms. The van der Waals surface area contributed by atoms with E-state index in [1.54, 1.807) is 0 Å². The summed E-state index contributed by atoms with van der Waals surface area (Å²) in [6, 6.07) is 5.25. The fourth-order valence-corrected chi connectivity index (χ4v) is 1.95. The normalized spacial score (nSPS) is 19.6. The van der Waals surface area contributed by atoms with Crippen LogP contribution in [0.3, 0.4) is 0 Å². The van der Waals surface area contributed by atoms with Gasteiger partial charge in [-0.25, -0.2) is 0 Å². The highest BCUT2D eigenvalue weighted by molar-refractivity contribution is 5.66. The van der Waals surface area contributed by atoms with Gasteiger partial charge in [0, 0.05) is 18.4 Å². The molecule has 104 valence electrons. The first-order chi connectivity index (χ1) is 9.06. The predicted molar refractivity (Wildman–Crippen MR) is 70.4 cm³/mol. The minimum absolute atomic E-state index is 0.0621. The maximum absolute atomic E-state index is 10.5. The van der Waals surface area contributed by atoms with Gasteiger partial charge in [-0.2, -0.15) is 0 Å². The van der Waals surface area contributed by atoms with Gasteiger partial charge in [-0.1, -0.05) is 13.0 Å². The molecule has 1 aliphatic rings. The Labute approximate surface area is 112 Å². The summed E-state index contributed by atoms with van der Waals surface area (Å²) in [6.07, 6.45) is 0.470. The summed E-state index contributed by atoms with van der Waals surface area (Å²) in [7, 11) is 0. The highest BCUT2D eigenvalue weighted by Gasteiger charge is 2.17. The Hall–Kier alpha value is -1.75. The molecule has 1 aliphatic heterocycles. The van der Waals surface area contributed by atoms with E-state index in [2.05, 4.69) is 6.92 Å². The minimum atomic E-state index is -0.835. The van der Waals surface area contributed by atoms with Crippen molar-refractivity contribution in [3.8, 4) is 11.5 Å². The first-order valence-corrected chi connectivity index (χ1v) is 6.43. The van der Waals surface area contributed by atoms with E-state index in [1.807, 2.05) is 18.2 Å². The average Bonchev–Trinajstić information content (AvgIpc) is 2.58. The molecule has 0 fully saturated rings. The Morgan fingerprint density at radius 1 is 1.42 bits per heavy atom. The van der Waals surface area contributed by atoms with E-state index in [-0.39, 0.29) is 12.5 Å². The lowest BCUT2D eigenvalue weighted by atomic mass is 10.0. The molecule has 3 N–H and O–H groups in total. The van der Waals surface area contributed by atoms with Crippen molar-refractivity contribution in [2.24, 2.45) is 11.7 Å². The lowest BCUT2D eigenvalue weighted by Gasteiger charge is -2.14. The summed E-state index contributed by atoms with van der Waals surface area (Å²) >= 11 is 0. The Bertz CT molecular complexity index is 461. The van der Waals surface area contributed by atoms with Crippen molar-refractivity contribution in [2.75, 3.05) is 13.2 Å². The van der Waals surface area contributed by atoms with E-state index in [0.29, 0.717) is 31.3 Å². The number of carboxylic acid groups (broad SMARTS) is 1. The monoisotopic (exact) mass is 265 g/mol. The molecule has 5 nitrogen and oxygen atoms in total. The van der Waals surface area contributed by atoms with E-state index in [1.165, 1.54) is 0 Å². The Balaban J connectivity index is 2.10. The van der Waals surface area contributed by atoms with Crippen molar-refractivity contribution in [1.82, 2.24) is 0 Å². The molecular weight excluding hydrogens is 246 g/mol. The zero-order chi connectivity index (χ0) is 13.8.